The quantitative estimate of drug-likeness (QED) is 0.156. The van der Waals surface area contributed by atoms with Crippen molar-refractivity contribution in [2.45, 2.75) is 0 Å². The molecule has 13 rings (SSSR count). The fraction of sp³-hybridized carbons (Fsp3) is 0. The fourth-order valence-electron chi connectivity index (χ4n) is 10.3. The van der Waals surface area contributed by atoms with E-state index in [-0.39, 0.29) is 0 Å². The molecule has 0 radical (unpaired) electrons. The third-order valence-corrected chi connectivity index (χ3v) is 14.2. The van der Waals surface area contributed by atoms with Crippen molar-refractivity contribution in [1.82, 2.24) is 0 Å². The summed E-state index contributed by atoms with van der Waals surface area (Å²) in [6, 6.07) is 81.3. The van der Waals surface area contributed by atoms with E-state index in [0.717, 1.165) is 0 Å². The number of fused-ring (bicyclic) bond motifs is 9. The molecular formula is C60H36S. The monoisotopic (exact) mass is 788 g/mol. The second-order valence-electron chi connectivity index (χ2n) is 16.3. The summed E-state index contributed by atoms with van der Waals surface area (Å²) in [5.41, 5.74) is 10.2. The van der Waals surface area contributed by atoms with Gasteiger partial charge in [-0.1, -0.05) is 194 Å². The summed E-state index contributed by atoms with van der Waals surface area (Å²) in [4.78, 5) is 0. The van der Waals surface area contributed by atoms with Crippen LogP contribution in [0, 0.1) is 0 Å². The molecule has 0 N–H and O–H groups in total. The normalized spacial score (nSPS) is 11.9. The Balaban J connectivity index is 1.04. The Morgan fingerprint density at radius 3 is 1.05 bits per heavy atom. The Labute approximate surface area is 357 Å². The molecule has 13 aromatic rings. The molecule has 0 saturated heterocycles. The topological polar surface area (TPSA) is 0 Å². The van der Waals surface area contributed by atoms with Crippen LogP contribution >= 0.6 is 11.3 Å². The summed E-state index contributed by atoms with van der Waals surface area (Å²) >= 11 is 1.91. The van der Waals surface area contributed by atoms with Gasteiger partial charge in [0.1, 0.15) is 0 Å². The minimum absolute atomic E-state index is 1.24. The lowest BCUT2D eigenvalue weighted by Gasteiger charge is -2.18. The lowest BCUT2D eigenvalue weighted by molar-refractivity contribution is 1.69. The maximum absolute atomic E-state index is 2.46. The van der Waals surface area contributed by atoms with Crippen LogP contribution in [0.15, 0.2) is 218 Å². The highest BCUT2D eigenvalue weighted by Crippen LogP contribution is 2.50. The highest BCUT2D eigenvalue weighted by Gasteiger charge is 2.21. The van der Waals surface area contributed by atoms with E-state index >= 15 is 0 Å². The van der Waals surface area contributed by atoms with Crippen LogP contribution in [-0.2, 0) is 0 Å². The maximum atomic E-state index is 2.46. The molecule has 0 aliphatic carbocycles. The number of rotatable bonds is 4. The molecule has 0 nitrogen and oxygen atoms in total. The first kappa shape index (κ1) is 34.3. The highest BCUT2D eigenvalue weighted by atomic mass is 32.1. The molecule has 12 aromatic carbocycles. The molecule has 0 spiro atoms. The van der Waals surface area contributed by atoms with Crippen LogP contribution < -0.4 is 0 Å². The standard InChI is InChI=1S/C60H36S/c1-3-16-39-34-41(30-28-37(39)14-1)56-44-18-5-7-20-46(44)58(47-21-8-6-19-45(47)56)43-32-33-55-54(36-43)52-26-13-27-53(60(52)61-55)59-50-24-11-9-22-48(50)57(49-23-10-12-25-51(49)59)42-31-29-38-15-2-4-17-40(38)35-42/h1-36H. The van der Waals surface area contributed by atoms with Crippen molar-refractivity contribution in [1.29, 1.82) is 0 Å². The molecule has 0 aliphatic heterocycles. The van der Waals surface area contributed by atoms with Crippen molar-refractivity contribution in [3.8, 4) is 44.5 Å². The molecule has 0 amide bonds. The van der Waals surface area contributed by atoms with E-state index in [1.54, 1.807) is 0 Å². The second kappa shape index (κ2) is 13.5. The van der Waals surface area contributed by atoms with Gasteiger partial charge < -0.3 is 0 Å². The Morgan fingerprint density at radius 2 is 0.590 bits per heavy atom. The van der Waals surface area contributed by atoms with Crippen molar-refractivity contribution in [3.05, 3.63) is 218 Å². The smallest absolute Gasteiger partial charge is 0.0434 e. The van der Waals surface area contributed by atoms with E-state index in [2.05, 4.69) is 218 Å². The van der Waals surface area contributed by atoms with Crippen LogP contribution in [-0.4, -0.2) is 0 Å². The van der Waals surface area contributed by atoms with Crippen LogP contribution in [0.3, 0.4) is 0 Å². The Kier molecular flexibility index (Phi) is 7.58. The zero-order chi connectivity index (χ0) is 40.0. The van der Waals surface area contributed by atoms with Crippen molar-refractivity contribution in [3.63, 3.8) is 0 Å². The summed E-state index contributed by atoms with van der Waals surface area (Å²) in [7, 11) is 0. The van der Waals surface area contributed by atoms with E-state index in [9.17, 15) is 0 Å². The molecule has 0 bridgehead atoms. The third-order valence-electron chi connectivity index (χ3n) is 13.0. The summed E-state index contributed by atoms with van der Waals surface area (Å²) in [5.74, 6) is 0. The molecule has 1 heteroatoms. The van der Waals surface area contributed by atoms with Gasteiger partial charge in [-0.2, -0.15) is 0 Å². The zero-order valence-electron chi connectivity index (χ0n) is 33.2. The van der Waals surface area contributed by atoms with Crippen molar-refractivity contribution >= 4 is 96.1 Å². The van der Waals surface area contributed by atoms with Gasteiger partial charge >= 0.3 is 0 Å². The van der Waals surface area contributed by atoms with Gasteiger partial charge in [0.05, 0.1) is 0 Å². The highest BCUT2D eigenvalue weighted by molar-refractivity contribution is 7.26. The summed E-state index contributed by atoms with van der Waals surface area (Å²) < 4.78 is 2.62. The van der Waals surface area contributed by atoms with Gasteiger partial charge in [-0.05, 0) is 128 Å². The SMILES string of the molecule is c1ccc2cc(-c3c4ccccc4c(-c4ccc5sc6c(-c7c8ccccc8c(-c8ccc9ccccc9c8)c8ccccc78)cccc6c5c4)c4ccccc34)ccc2c1. The molecule has 61 heavy (non-hydrogen) atoms. The van der Waals surface area contributed by atoms with Gasteiger partial charge in [0, 0.05) is 25.7 Å². The largest absolute Gasteiger partial charge is 0.135 e. The molecular weight excluding hydrogens is 753 g/mol. The summed E-state index contributed by atoms with van der Waals surface area (Å²) in [6.07, 6.45) is 0. The zero-order valence-corrected chi connectivity index (χ0v) is 34.0. The molecule has 282 valence electrons. The van der Waals surface area contributed by atoms with E-state index in [1.165, 1.54) is 129 Å². The summed E-state index contributed by atoms with van der Waals surface area (Å²) in [5, 5.41) is 17.8. The predicted octanol–water partition coefficient (Wildman–Crippen LogP) is 17.6. The molecule has 1 aromatic heterocycles. The Bertz CT molecular complexity index is 3830. The van der Waals surface area contributed by atoms with Crippen LogP contribution in [0.4, 0.5) is 0 Å². The van der Waals surface area contributed by atoms with Gasteiger partial charge in [0.15, 0.2) is 0 Å². The number of hydrogen-bond donors (Lipinski definition) is 0. The molecule has 0 fully saturated rings. The average Bonchev–Trinajstić information content (AvgIpc) is 3.70. The van der Waals surface area contributed by atoms with E-state index in [4.69, 9.17) is 0 Å². The minimum atomic E-state index is 1.24. The number of thiophene rings is 1. The van der Waals surface area contributed by atoms with Crippen LogP contribution in [0.5, 0.6) is 0 Å². The van der Waals surface area contributed by atoms with E-state index < -0.39 is 0 Å². The lowest BCUT2D eigenvalue weighted by atomic mass is 9.85. The predicted molar refractivity (Wildman–Crippen MR) is 266 cm³/mol. The fourth-order valence-corrected chi connectivity index (χ4v) is 11.5. The third kappa shape index (κ3) is 5.24. The Hall–Kier alpha value is -7.58. The van der Waals surface area contributed by atoms with Gasteiger partial charge in [-0.15, -0.1) is 11.3 Å². The molecule has 0 atom stereocenters. The lowest BCUT2D eigenvalue weighted by Crippen LogP contribution is -1.91. The van der Waals surface area contributed by atoms with Crippen LogP contribution in [0.1, 0.15) is 0 Å². The maximum Gasteiger partial charge on any atom is 0.0434 e. The van der Waals surface area contributed by atoms with Gasteiger partial charge in [-0.3, -0.25) is 0 Å². The van der Waals surface area contributed by atoms with Crippen molar-refractivity contribution in [2.75, 3.05) is 0 Å². The average molecular weight is 789 g/mol. The van der Waals surface area contributed by atoms with Gasteiger partial charge in [0.2, 0.25) is 0 Å². The van der Waals surface area contributed by atoms with Crippen LogP contribution in [0.2, 0.25) is 0 Å². The molecule has 0 aliphatic rings. The van der Waals surface area contributed by atoms with Crippen LogP contribution in [0.25, 0.3) is 129 Å². The first-order chi connectivity index (χ1) is 30.3. The molecule has 0 unspecified atom stereocenters. The van der Waals surface area contributed by atoms with Gasteiger partial charge in [-0.25, -0.2) is 0 Å². The molecule has 0 saturated carbocycles. The van der Waals surface area contributed by atoms with Crippen molar-refractivity contribution in [2.24, 2.45) is 0 Å². The minimum Gasteiger partial charge on any atom is -0.135 e. The van der Waals surface area contributed by atoms with E-state index in [1.807, 2.05) is 11.3 Å². The van der Waals surface area contributed by atoms with Gasteiger partial charge in [0.25, 0.3) is 0 Å². The van der Waals surface area contributed by atoms with E-state index in [0.29, 0.717) is 0 Å². The number of hydrogen-bond acceptors (Lipinski definition) is 1. The van der Waals surface area contributed by atoms with Crippen molar-refractivity contribution < 1.29 is 0 Å². The summed E-state index contributed by atoms with van der Waals surface area (Å²) in [6.45, 7) is 0. The first-order valence-corrected chi connectivity index (χ1v) is 21.9. The first-order valence-electron chi connectivity index (χ1n) is 21.1. The molecule has 1 heterocycles. The Morgan fingerprint density at radius 1 is 0.230 bits per heavy atom. The second-order valence-corrected chi connectivity index (χ2v) is 17.4. The number of benzene rings is 12.